The van der Waals surface area contributed by atoms with Gasteiger partial charge in [0.05, 0.1) is 0 Å². The van der Waals surface area contributed by atoms with Crippen molar-refractivity contribution in [1.82, 2.24) is 14.7 Å². The van der Waals surface area contributed by atoms with Gasteiger partial charge in [-0.25, -0.2) is 4.39 Å². The van der Waals surface area contributed by atoms with Crippen LogP contribution in [0.4, 0.5) is 4.39 Å². The molecule has 0 unspecified atom stereocenters. The van der Waals surface area contributed by atoms with Crippen molar-refractivity contribution in [3.63, 3.8) is 0 Å². The van der Waals surface area contributed by atoms with Crippen LogP contribution in [0.15, 0.2) is 59.3 Å². The van der Waals surface area contributed by atoms with Crippen LogP contribution in [-0.2, 0) is 6.54 Å². The summed E-state index contributed by atoms with van der Waals surface area (Å²) in [5.41, 5.74) is 2.12. The first-order chi connectivity index (χ1) is 12.1. The molecule has 6 heteroatoms. The molecule has 0 saturated carbocycles. The van der Waals surface area contributed by atoms with Crippen LogP contribution >= 0.6 is 0 Å². The number of carbonyl (C=O) groups excluding carboxylic acids is 1. The van der Waals surface area contributed by atoms with Gasteiger partial charge in [-0.05, 0) is 25.1 Å². The van der Waals surface area contributed by atoms with Crippen LogP contribution in [-0.4, -0.2) is 20.5 Å². The lowest BCUT2D eigenvalue weighted by molar-refractivity contribution is 0.101. The number of fused-ring (bicyclic) bond motifs is 1. The molecule has 0 aliphatic carbocycles. The monoisotopic (exact) mass is 335 g/mol. The van der Waals surface area contributed by atoms with E-state index < -0.39 is 0 Å². The largest absolute Gasteiger partial charge is 0.337 e. The molecule has 2 aromatic carbocycles. The molecular formula is C19H14FN3O2. The summed E-state index contributed by atoms with van der Waals surface area (Å²) >= 11 is 0. The number of nitrogens with zero attached hydrogens (tertiary/aromatic N) is 3. The van der Waals surface area contributed by atoms with Gasteiger partial charge in [-0.1, -0.05) is 35.5 Å². The van der Waals surface area contributed by atoms with Gasteiger partial charge in [0.2, 0.25) is 11.7 Å². The van der Waals surface area contributed by atoms with Crippen LogP contribution in [0.5, 0.6) is 0 Å². The van der Waals surface area contributed by atoms with E-state index >= 15 is 0 Å². The second kappa shape index (κ2) is 5.98. The van der Waals surface area contributed by atoms with E-state index in [4.69, 9.17) is 4.52 Å². The number of halogens is 1. The Hall–Kier alpha value is -3.28. The third-order valence-electron chi connectivity index (χ3n) is 4.02. The van der Waals surface area contributed by atoms with E-state index in [1.807, 2.05) is 28.8 Å². The average molecular weight is 335 g/mol. The highest BCUT2D eigenvalue weighted by atomic mass is 19.1. The molecule has 0 aliphatic heterocycles. The summed E-state index contributed by atoms with van der Waals surface area (Å²) in [6.45, 7) is 1.87. The quantitative estimate of drug-likeness (QED) is 0.527. The van der Waals surface area contributed by atoms with Gasteiger partial charge in [-0.3, -0.25) is 4.79 Å². The van der Waals surface area contributed by atoms with E-state index in [9.17, 15) is 9.18 Å². The number of carbonyl (C=O) groups is 1. The second-order valence-corrected chi connectivity index (χ2v) is 5.77. The fourth-order valence-electron chi connectivity index (χ4n) is 2.87. The maximum absolute atomic E-state index is 13.3. The van der Waals surface area contributed by atoms with E-state index in [1.165, 1.54) is 12.1 Å². The van der Waals surface area contributed by atoms with Gasteiger partial charge in [-0.15, -0.1) is 0 Å². The predicted octanol–water partition coefficient (Wildman–Crippen LogP) is 4.08. The summed E-state index contributed by atoms with van der Waals surface area (Å²) in [6, 6.07) is 13.7. The molecule has 2 heterocycles. The number of rotatable bonds is 4. The van der Waals surface area contributed by atoms with Crippen molar-refractivity contribution in [3.8, 4) is 11.4 Å². The second-order valence-electron chi connectivity index (χ2n) is 5.77. The zero-order valence-electron chi connectivity index (χ0n) is 13.4. The minimum absolute atomic E-state index is 0.000860. The molecule has 4 aromatic rings. The third-order valence-corrected chi connectivity index (χ3v) is 4.02. The molecular weight excluding hydrogens is 321 g/mol. The fourth-order valence-corrected chi connectivity index (χ4v) is 2.87. The molecule has 0 amide bonds. The number of benzene rings is 2. The SMILES string of the molecule is CC(=O)c1cn(Cc2nc(-c3cccc(F)c3)no2)c2ccccc12. The molecule has 0 saturated heterocycles. The Bertz CT molecular complexity index is 1080. The lowest BCUT2D eigenvalue weighted by Crippen LogP contribution is -1.98. The van der Waals surface area contributed by atoms with Crippen molar-refractivity contribution >= 4 is 16.7 Å². The standard InChI is InChI=1S/C19H14FN3O2/c1-12(24)16-10-23(17-8-3-2-7-15(16)17)11-18-21-19(22-25-18)13-5-4-6-14(20)9-13/h2-10H,11H2,1H3. The maximum Gasteiger partial charge on any atom is 0.246 e. The highest BCUT2D eigenvalue weighted by Crippen LogP contribution is 2.23. The number of Topliss-reactive ketones (excluding diaryl/α,β-unsaturated/α-hetero) is 1. The van der Waals surface area contributed by atoms with Crippen LogP contribution in [0.3, 0.4) is 0 Å². The van der Waals surface area contributed by atoms with Gasteiger partial charge in [0, 0.05) is 28.2 Å². The Morgan fingerprint density at radius 3 is 2.84 bits per heavy atom. The minimum Gasteiger partial charge on any atom is -0.337 e. The summed E-state index contributed by atoms with van der Waals surface area (Å²) < 4.78 is 20.5. The van der Waals surface area contributed by atoms with Crippen molar-refractivity contribution in [2.24, 2.45) is 0 Å². The number of hydrogen-bond acceptors (Lipinski definition) is 4. The molecule has 5 nitrogen and oxygen atoms in total. The Balaban J connectivity index is 1.70. The lowest BCUT2D eigenvalue weighted by Gasteiger charge is -2.00. The first-order valence-corrected chi connectivity index (χ1v) is 7.79. The van der Waals surface area contributed by atoms with Gasteiger partial charge in [0.25, 0.3) is 0 Å². The molecule has 0 bridgehead atoms. The summed E-state index contributed by atoms with van der Waals surface area (Å²) in [7, 11) is 0. The van der Waals surface area contributed by atoms with E-state index in [1.54, 1.807) is 25.3 Å². The summed E-state index contributed by atoms with van der Waals surface area (Å²) in [4.78, 5) is 16.2. The van der Waals surface area contributed by atoms with Crippen LogP contribution < -0.4 is 0 Å². The molecule has 25 heavy (non-hydrogen) atoms. The van der Waals surface area contributed by atoms with Gasteiger partial charge >= 0.3 is 0 Å². The van der Waals surface area contributed by atoms with Crippen molar-refractivity contribution in [2.45, 2.75) is 13.5 Å². The van der Waals surface area contributed by atoms with Crippen molar-refractivity contribution in [1.29, 1.82) is 0 Å². The number of ketones is 1. The van der Waals surface area contributed by atoms with Crippen LogP contribution in [0.2, 0.25) is 0 Å². The fraction of sp³-hybridized carbons (Fsp3) is 0.105. The smallest absolute Gasteiger partial charge is 0.246 e. The summed E-state index contributed by atoms with van der Waals surface area (Å²) in [6.07, 6.45) is 1.79. The van der Waals surface area contributed by atoms with E-state index in [-0.39, 0.29) is 11.6 Å². The van der Waals surface area contributed by atoms with Crippen molar-refractivity contribution in [3.05, 3.63) is 72.0 Å². The molecule has 0 fully saturated rings. The first-order valence-electron chi connectivity index (χ1n) is 7.79. The van der Waals surface area contributed by atoms with E-state index in [0.717, 1.165) is 10.9 Å². The zero-order valence-corrected chi connectivity index (χ0v) is 13.4. The summed E-state index contributed by atoms with van der Waals surface area (Å²) in [5.74, 6) is 0.361. The Labute approximate surface area is 142 Å². The average Bonchev–Trinajstić information content (AvgIpc) is 3.21. The Kier molecular flexibility index (Phi) is 3.65. The van der Waals surface area contributed by atoms with E-state index in [2.05, 4.69) is 10.1 Å². The van der Waals surface area contributed by atoms with Crippen LogP contribution in [0, 0.1) is 5.82 Å². The lowest BCUT2D eigenvalue weighted by atomic mass is 10.1. The van der Waals surface area contributed by atoms with Gasteiger partial charge < -0.3 is 9.09 Å². The topological polar surface area (TPSA) is 60.9 Å². The number of para-hydroxylation sites is 1. The molecule has 0 aliphatic rings. The first kappa shape index (κ1) is 15.3. The maximum atomic E-state index is 13.3. The molecule has 0 N–H and O–H groups in total. The molecule has 0 spiro atoms. The number of hydrogen-bond donors (Lipinski definition) is 0. The molecule has 124 valence electrons. The normalized spacial score (nSPS) is 11.1. The number of aromatic nitrogens is 3. The minimum atomic E-state index is -0.355. The molecule has 0 atom stereocenters. The van der Waals surface area contributed by atoms with Crippen molar-refractivity contribution < 1.29 is 13.7 Å². The highest BCUT2D eigenvalue weighted by Gasteiger charge is 2.15. The van der Waals surface area contributed by atoms with Crippen LogP contribution in [0.25, 0.3) is 22.3 Å². The van der Waals surface area contributed by atoms with Crippen LogP contribution in [0.1, 0.15) is 23.2 Å². The molecule has 2 aromatic heterocycles. The van der Waals surface area contributed by atoms with Gasteiger partial charge in [-0.2, -0.15) is 4.98 Å². The Morgan fingerprint density at radius 1 is 1.20 bits per heavy atom. The van der Waals surface area contributed by atoms with Gasteiger partial charge in [0.1, 0.15) is 12.4 Å². The highest BCUT2D eigenvalue weighted by molar-refractivity contribution is 6.06. The van der Waals surface area contributed by atoms with E-state index in [0.29, 0.717) is 29.4 Å². The van der Waals surface area contributed by atoms with Crippen molar-refractivity contribution in [2.75, 3.05) is 0 Å². The zero-order chi connectivity index (χ0) is 17.4. The molecule has 4 rings (SSSR count). The third kappa shape index (κ3) is 2.82. The Morgan fingerprint density at radius 2 is 2.04 bits per heavy atom. The molecule has 0 radical (unpaired) electrons. The van der Waals surface area contributed by atoms with Gasteiger partial charge in [0.15, 0.2) is 5.78 Å². The predicted molar refractivity (Wildman–Crippen MR) is 90.7 cm³/mol. The summed E-state index contributed by atoms with van der Waals surface area (Å²) in [5, 5.41) is 4.80.